The van der Waals surface area contributed by atoms with E-state index in [-0.39, 0.29) is 11.9 Å². The molecule has 1 aliphatic rings. The molecule has 0 saturated carbocycles. The maximum atomic E-state index is 13.4. The minimum atomic E-state index is -0.209. The molecule has 1 unspecified atom stereocenters. The van der Waals surface area contributed by atoms with Crippen molar-refractivity contribution in [2.45, 2.75) is 32.7 Å². The van der Waals surface area contributed by atoms with E-state index in [2.05, 4.69) is 35.0 Å². The zero-order valence-electron chi connectivity index (χ0n) is 18.4. The van der Waals surface area contributed by atoms with E-state index in [1.807, 2.05) is 29.8 Å². The lowest BCUT2D eigenvalue weighted by Crippen LogP contribution is -2.32. The number of aryl methyl sites for hydroxylation is 1. The fourth-order valence-corrected chi connectivity index (χ4v) is 5.32. The molecule has 5 nitrogen and oxygen atoms in total. The summed E-state index contributed by atoms with van der Waals surface area (Å²) in [6.07, 6.45) is 5.85. The summed E-state index contributed by atoms with van der Waals surface area (Å²) in [5.74, 6) is 1.63. The molecule has 2 aromatic carbocycles. The summed E-state index contributed by atoms with van der Waals surface area (Å²) in [5, 5.41) is 0. The summed E-state index contributed by atoms with van der Waals surface area (Å²) in [4.78, 5) is 7.85. The SMILES string of the molecule is COc1cc(-c2snc3c2CCCN3C(C)c2ccc(F)cc2)ccc1-n1cnc(C)c1. The van der Waals surface area contributed by atoms with Crippen molar-refractivity contribution in [1.82, 2.24) is 13.9 Å². The standard InChI is InChI=1S/C25H25FN4OS/c1-16-14-29(15-27-16)22-11-8-19(13-23(22)31-3)24-21-5-4-12-30(25(21)28-32-24)17(2)18-6-9-20(26)10-7-18/h6-11,13-15,17H,4-5,12H2,1-3H3. The summed E-state index contributed by atoms with van der Waals surface area (Å²) in [7, 11) is 1.70. The van der Waals surface area contributed by atoms with E-state index in [1.54, 1.807) is 13.4 Å². The molecule has 0 amide bonds. The summed E-state index contributed by atoms with van der Waals surface area (Å²) < 4.78 is 25.9. The monoisotopic (exact) mass is 448 g/mol. The van der Waals surface area contributed by atoms with Gasteiger partial charge in [-0.05, 0) is 73.6 Å². The Kier molecular flexibility index (Phi) is 5.43. The first kappa shape index (κ1) is 20.7. The van der Waals surface area contributed by atoms with Crippen molar-refractivity contribution in [1.29, 1.82) is 0 Å². The highest BCUT2D eigenvalue weighted by molar-refractivity contribution is 7.10. The van der Waals surface area contributed by atoms with E-state index in [9.17, 15) is 4.39 Å². The highest BCUT2D eigenvalue weighted by Crippen LogP contribution is 2.42. The zero-order chi connectivity index (χ0) is 22.2. The highest BCUT2D eigenvalue weighted by Gasteiger charge is 2.28. The molecule has 32 heavy (non-hydrogen) atoms. The van der Waals surface area contributed by atoms with Crippen molar-refractivity contribution >= 4 is 17.4 Å². The predicted octanol–water partition coefficient (Wildman–Crippen LogP) is 5.97. The zero-order valence-corrected chi connectivity index (χ0v) is 19.2. The smallest absolute Gasteiger partial charge is 0.146 e. The second kappa shape index (κ2) is 8.39. The number of imidazole rings is 1. The van der Waals surface area contributed by atoms with Crippen molar-refractivity contribution in [3.63, 3.8) is 0 Å². The van der Waals surface area contributed by atoms with Crippen LogP contribution in [0.25, 0.3) is 16.1 Å². The Bertz CT molecular complexity index is 1250. The molecule has 0 saturated heterocycles. The van der Waals surface area contributed by atoms with Gasteiger partial charge in [0.2, 0.25) is 0 Å². The number of fused-ring (bicyclic) bond motifs is 1. The van der Waals surface area contributed by atoms with Crippen LogP contribution in [0.4, 0.5) is 10.2 Å². The van der Waals surface area contributed by atoms with Gasteiger partial charge in [-0.15, -0.1) is 0 Å². The van der Waals surface area contributed by atoms with Crippen LogP contribution in [0, 0.1) is 12.7 Å². The predicted molar refractivity (Wildman–Crippen MR) is 126 cm³/mol. The van der Waals surface area contributed by atoms with Gasteiger partial charge in [0.05, 0.1) is 35.7 Å². The Morgan fingerprint density at radius 3 is 2.69 bits per heavy atom. The number of aromatic nitrogens is 3. The Labute approximate surface area is 191 Å². The minimum absolute atomic E-state index is 0.131. The molecule has 0 N–H and O–H groups in total. The maximum Gasteiger partial charge on any atom is 0.146 e. The van der Waals surface area contributed by atoms with Crippen molar-refractivity contribution in [3.05, 3.63) is 77.6 Å². The largest absolute Gasteiger partial charge is 0.495 e. The third kappa shape index (κ3) is 3.66. The van der Waals surface area contributed by atoms with Crippen LogP contribution < -0.4 is 9.64 Å². The summed E-state index contributed by atoms with van der Waals surface area (Å²) >= 11 is 1.54. The van der Waals surface area contributed by atoms with Crippen LogP contribution in [0.15, 0.2) is 55.0 Å². The molecule has 3 heterocycles. The van der Waals surface area contributed by atoms with E-state index in [4.69, 9.17) is 9.11 Å². The van der Waals surface area contributed by atoms with E-state index in [0.29, 0.717) is 0 Å². The topological polar surface area (TPSA) is 43.2 Å². The van der Waals surface area contributed by atoms with Gasteiger partial charge in [-0.1, -0.05) is 18.2 Å². The Morgan fingerprint density at radius 2 is 1.97 bits per heavy atom. The molecule has 0 bridgehead atoms. The molecule has 4 aromatic rings. The Morgan fingerprint density at radius 1 is 1.16 bits per heavy atom. The number of benzene rings is 2. The van der Waals surface area contributed by atoms with Crippen LogP contribution in [0.1, 0.15) is 36.2 Å². The van der Waals surface area contributed by atoms with Crippen molar-refractivity contribution in [2.75, 3.05) is 18.6 Å². The van der Waals surface area contributed by atoms with E-state index >= 15 is 0 Å². The van der Waals surface area contributed by atoms with Gasteiger partial charge in [-0.25, -0.2) is 9.37 Å². The van der Waals surface area contributed by atoms with Crippen molar-refractivity contribution in [2.24, 2.45) is 0 Å². The molecule has 164 valence electrons. The molecule has 2 aromatic heterocycles. The average Bonchev–Trinajstić information content (AvgIpc) is 3.45. The fraction of sp³-hybridized carbons (Fsp3) is 0.280. The van der Waals surface area contributed by atoms with Crippen LogP contribution in [0.5, 0.6) is 5.75 Å². The lowest BCUT2D eigenvalue weighted by molar-refractivity contribution is 0.413. The number of hydrogen-bond acceptors (Lipinski definition) is 5. The lowest BCUT2D eigenvalue weighted by atomic mass is 9.98. The maximum absolute atomic E-state index is 13.4. The van der Waals surface area contributed by atoms with E-state index < -0.39 is 0 Å². The van der Waals surface area contributed by atoms with Gasteiger partial charge in [0.25, 0.3) is 0 Å². The van der Waals surface area contributed by atoms with Gasteiger partial charge in [0.15, 0.2) is 0 Å². The van der Waals surface area contributed by atoms with Gasteiger partial charge in [-0.2, -0.15) is 4.37 Å². The van der Waals surface area contributed by atoms with E-state index in [1.165, 1.54) is 34.1 Å². The number of nitrogens with zero attached hydrogens (tertiary/aromatic N) is 4. The van der Waals surface area contributed by atoms with Gasteiger partial charge < -0.3 is 14.2 Å². The summed E-state index contributed by atoms with van der Waals surface area (Å²) in [6, 6.07) is 13.2. The molecule has 1 aliphatic heterocycles. The van der Waals surface area contributed by atoms with Gasteiger partial charge in [-0.3, -0.25) is 0 Å². The summed E-state index contributed by atoms with van der Waals surface area (Å²) in [6.45, 7) is 5.07. The molecular formula is C25H25FN4OS. The van der Waals surface area contributed by atoms with Crippen LogP contribution in [-0.2, 0) is 6.42 Å². The van der Waals surface area contributed by atoms with Gasteiger partial charge in [0, 0.05) is 18.3 Å². The van der Waals surface area contributed by atoms with Crippen molar-refractivity contribution in [3.8, 4) is 21.9 Å². The number of anilines is 1. The average molecular weight is 449 g/mol. The van der Waals surface area contributed by atoms with Gasteiger partial charge in [0.1, 0.15) is 17.4 Å². The van der Waals surface area contributed by atoms with Crippen LogP contribution in [-0.4, -0.2) is 27.6 Å². The highest BCUT2D eigenvalue weighted by atomic mass is 32.1. The first-order valence-electron chi connectivity index (χ1n) is 10.7. The summed E-state index contributed by atoms with van der Waals surface area (Å²) in [5.41, 5.74) is 5.40. The first-order chi connectivity index (χ1) is 15.5. The van der Waals surface area contributed by atoms with Crippen LogP contribution in [0.3, 0.4) is 0 Å². The second-order valence-electron chi connectivity index (χ2n) is 8.15. The second-order valence-corrected chi connectivity index (χ2v) is 8.92. The molecule has 7 heteroatoms. The normalized spacial score (nSPS) is 14.3. The van der Waals surface area contributed by atoms with Crippen LogP contribution >= 0.6 is 11.5 Å². The van der Waals surface area contributed by atoms with Gasteiger partial charge >= 0.3 is 0 Å². The van der Waals surface area contributed by atoms with Crippen LogP contribution in [0.2, 0.25) is 0 Å². The molecule has 0 fully saturated rings. The molecule has 1 atom stereocenters. The fourth-order valence-electron chi connectivity index (χ4n) is 4.39. The number of hydrogen-bond donors (Lipinski definition) is 0. The molecular weight excluding hydrogens is 423 g/mol. The lowest BCUT2D eigenvalue weighted by Gasteiger charge is -2.34. The number of halogens is 1. The molecule has 0 aliphatic carbocycles. The quantitative estimate of drug-likeness (QED) is 0.377. The molecule has 0 radical (unpaired) electrons. The number of ether oxygens (including phenoxy) is 1. The van der Waals surface area contributed by atoms with Crippen molar-refractivity contribution < 1.29 is 9.13 Å². The Hall–Kier alpha value is -3.19. The third-order valence-corrected chi connectivity index (χ3v) is 7.05. The first-order valence-corrected chi connectivity index (χ1v) is 11.5. The van der Waals surface area contributed by atoms with E-state index in [0.717, 1.165) is 53.5 Å². The number of methoxy groups -OCH3 is 1. The molecule has 0 spiro atoms. The third-order valence-electron chi connectivity index (χ3n) is 6.12. The molecule has 5 rings (SSSR count). The number of rotatable bonds is 5. The Balaban J connectivity index is 1.49. The minimum Gasteiger partial charge on any atom is -0.495 e.